The number of carbonyl (C=O) groups is 3. The molecular weight excluding hydrogens is 587 g/mol. The molecule has 3 aromatic rings. The first-order valence-corrected chi connectivity index (χ1v) is 12.8. The third kappa shape index (κ3) is 6.51. The van der Waals surface area contributed by atoms with E-state index in [1.165, 1.54) is 31.4 Å². The van der Waals surface area contributed by atoms with Crippen LogP contribution in [0.4, 0.5) is 14.9 Å². The van der Waals surface area contributed by atoms with Crippen molar-refractivity contribution in [2.45, 2.75) is 6.61 Å². The van der Waals surface area contributed by atoms with Crippen LogP contribution in [0.1, 0.15) is 11.1 Å². The summed E-state index contributed by atoms with van der Waals surface area (Å²) in [6.45, 7) is -0.282. The number of halogens is 3. The van der Waals surface area contributed by atoms with Crippen molar-refractivity contribution in [3.63, 3.8) is 0 Å². The van der Waals surface area contributed by atoms with Gasteiger partial charge < -0.3 is 14.8 Å². The van der Waals surface area contributed by atoms with Crippen LogP contribution in [0.3, 0.4) is 0 Å². The second-order valence-electron chi connectivity index (χ2n) is 7.73. The molecule has 37 heavy (non-hydrogen) atoms. The van der Waals surface area contributed by atoms with Crippen molar-refractivity contribution in [1.29, 1.82) is 0 Å². The molecule has 1 fully saturated rings. The molecule has 11 heteroatoms. The maximum absolute atomic E-state index is 13.3. The minimum Gasteiger partial charge on any atom is -0.493 e. The van der Waals surface area contributed by atoms with Gasteiger partial charge in [0.25, 0.3) is 11.1 Å². The average Bonchev–Trinajstić information content (AvgIpc) is 3.12. The summed E-state index contributed by atoms with van der Waals surface area (Å²) < 4.78 is 25.3. The molecule has 0 aromatic heterocycles. The van der Waals surface area contributed by atoms with E-state index >= 15 is 0 Å². The number of amides is 3. The first-order chi connectivity index (χ1) is 17.7. The Bertz CT molecular complexity index is 1420. The van der Waals surface area contributed by atoms with Crippen molar-refractivity contribution in [3.05, 3.63) is 92.0 Å². The van der Waals surface area contributed by atoms with Crippen molar-refractivity contribution in [2.24, 2.45) is 0 Å². The number of thioether (sulfide) groups is 1. The molecule has 0 unspecified atom stereocenters. The van der Waals surface area contributed by atoms with Gasteiger partial charge in [-0.05, 0) is 59.8 Å². The Morgan fingerprint density at radius 3 is 2.65 bits per heavy atom. The Labute approximate surface area is 229 Å². The lowest BCUT2D eigenvalue weighted by Gasteiger charge is -2.14. The van der Waals surface area contributed by atoms with Crippen LogP contribution < -0.4 is 14.8 Å². The number of ether oxygens (including phenoxy) is 2. The van der Waals surface area contributed by atoms with Gasteiger partial charge in [0.1, 0.15) is 19.0 Å². The fourth-order valence-electron chi connectivity index (χ4n) is 3.39. The van der Waals surface area contributed by atoms with Gasteiger partial charge >= 0.3 is 0 Å². The zero-order chi connectivity index (χ0) is 26.5. The lowest BCUT2D eigenvalue weighted by atomic mass is 10.1. The fourth-order valence-corrected chi connectivity index (χ4v) is 4.85. The number of nitrogens with one attached hydrogen (secondary N) is 1. The number of imide groups is 1. The molecule has 1 aliphatic rings. The van der Waals surface area contributed by atoms with Crippen molar-refractivity contribution in [2.75, 3.05) is 19.0 Å². The van der Waals surface area contributed by atoms with Crippen molar-refractivity contribution >= 4 is 68.1 Å². The van der Waals surface area contributed by atoms with Crippen molar-refractivity contribution in [1.82, 2.24) is 4.90 Å². The largest absolute Gasteiger partial charge is 0.493 e. The maximum Gasteiger partial charge on any atom is 0.294 e. The van der Waals surface area contributed by atoms with E-state index in [1.54, 1.807) is 18.2 Å². The summed E-state index contributed by atoms with van der Waals surface area (Å²) in [7, 11) is 1.49. The van der Waals surface area contributed by atoms with E-state index in [9.17, 15) is 18.8 Å². The molecule has 1 aliphatic heterocycles. The minimum atomic E-state index is -0.628. The van der Waals surface area contributed by atoms with E-state index in [1.807, 2.05) is 18.2 Å². The van der Waals surface area contributed by atoms with E-state index in [0.29, 0.717) is 38.3 Å². The average molecular weight is 606 g/mol. The number of carbonyl (C=O) groups excluding carboxylic acids is 3. The predicted octanol–water partition coefficient (Wildman–Crippen LogP) is 6.50. The van der Waals surface area contributed by atoms with Gasteiger partial charge in [0, 0.05) is 20.7 Å². The van der Waals surface area contributed by atoms with Crippen LogP contribution in [0.5, 0.6) is 11.5 Å². The molecule has 190 valence electrons. The standard InChI is InChI=1S/C26H19BrClFN2O5S/c1-35-21-9-16(19(27)12-22(21)36-14-15-5-2-3-8-20(15)28)10-23-25(33)31(26(34)37-23)13-24(32)30-18-7-4-6-17(29)11-18/h2-12H,13-14H2,1H3,(H,30,32)/b23-10+. The normalized spacial score (nSPS) is 14.3. The second kappa shape index (κ2) is 11.8. The zero-order valence-electron chi connectivity index (χ0n) is 19.3. The first-order valence-electron chi connectivity index (χ1n) is 10.8. The number of nitrogens with zero attached hydrogens (tertiary/aromatic N) is 1. The van der Waals surface area contributed by atoms with Gasteiger partial charge in [0.15, 0.2) is 11.5 Å². The summed E-state index contributed by atoms with van der Waals surface area (Å²) in [6.07, 6.45) is 1.53. The highest BCUT2D eigenvalue weighted by molar-refractivity contribution is 9.10. The molecule has 0 saturated carbocycles. The number of benzene rings is 3. The highest BCUT2D eigenvalue weighted by Crippen LogP contribution is 2.38. The molecule has 0 atom stereocenters. The Morgan fingerprint density at radius 1 is 1.14 bits per heavy atom. The fraction of sp³-hybridized carbons (Fsp3) is 0.115. The number of hydrogen-bond acceptors (Lipinski definition) is 6. The number of hydrogen-bond donors (Lipinski definition) is 1. The van der Waals surface area contributed by atoms with Gasteiger partial charge in [-0.1, -0.05) is 51.8 Å². The smallest absolute Gasteiger partial charge is 0.294 e. The van der Waals surface area contributed by atoms with Crippen LogP contribution in [0.2, 0.25) is 5.02 Å². The molecule has 7 nitrogen and oxygen atoms in total. The Balaban J connectivity index is 1.48. The molecule has 0 aliphatic carbocycles. The number of anilines is 1. The topological polar surface area (TPSA) is 84.9 Å². The molecule has 0 bridgehead atoms. The second-order valence-corrected chi connectivity index (χ2v) is 9.99. The molecule has 0 radical (unpaired) electrons. The molecule has 1 saturated heterocycles. The van der Waals surface area contributed by atoms with E-state index < -0.39 is 29.4 Å². The molecule has 3 aromatic carbocycles. The highest BCUT2D eigenvalue weighted by atomic mass is 79.9. The van der Waals surface area contributed by atoms with Crippen molar-refractivity contribution < 1.29 is 28.2 Å². The van der Waals surface area contributed by atoms with E-state index in [2.05, 4.69) is 21.2 Å². The minimum absolute atomic E-state index is 0.135. The summed E-state index contributed by atoms with van der Waals surface area (Å²) >= 11 is 10.4. The third-order valence-electron chi connectivity index (χ3n) is 5.19. The van der Waals surface area contributed by atoms with Crippen molar-refractivity contribution in [3.8, 4) is 11.5 Å². The van der Waals surface area contributed by atoms with Crippen LogP contribution in [0.25, 0.3) is 6.08 Å². The monoisotopic (exact) mass is 604 g/mol. The Kier molecular flexibility index (Phi) is 8.52. The Morgan fingerprint density at radius 2 is 1.92 bits per heavy atom. The van der Waals surface area contributed by atoms with Gasteiger partial charge in [-0.25, -0.2) is 4.39 Å². The number of methoxy groups -OCH3 is 1. The molecule has 0 spiro atoms. The molecule has 4 rings (SSSR count). The van der Waals surface area contributed by atoms with E-state index in [-0.39, 0.29) is 17.2 Å². The SMILES string of the molecule is COc1cc(/C=C2/SC(=O)N(CC(=O)Nc3cccc(F)c3)C2=O)c(Br)cc1OCc1ccccc1Cl. The molecule has 1 heterocycles. The van der Waals surface area contributed by atoms with Gasteiger partial charge in [-0.15, -0.1) is 0 Å². The zero-order valence-corrected chi connectivity index (χ0v) is 22.5. The quantitative estimate of drug-likeness (QED) is 0.295. The summed E-state index contributed by atoms with van der Waals surface area (Å²) in [4.78, 5) is 38.6. The highest BCUT2D eigenvalue weighted by Gasteiger charge is 2.36. The van der Waals surface area contributed by atoms with Gasteiger partial charge in [0.05, 0.1) is 12.0 Å². The third-order valence-corrected chi connectivity index (χ3v) is 7.16. The lowest BCUT2D eigenvalue weighted by Crippen LogP contribution is -2.36. The van der Waals surface area contributed by atoms with Crippen LogP contribution in [-0.2, 0) is 16.2 Å². The van der Waals surface area contributed by atoms with Crippen LogP contribution in [0.15, 0.2) is 70.0 Å². The molecular formula is C26H19BrClFN2O5S. The maximum atomic E-state index is 13.3. The number of rotatable bonds is 8. The molecule has 3 amide bonds. The predicted molar refractivity (Wildman–Crippen MR) is 144 cm³/mol. The summed E-state index contributed by atoms with van der Waals surface area (Å²) in [5.41, 5.74) is 1.60. The summed E-state index contributed by atoms with van der Waals surface area (Å²) in [5.74, 6) is -0.900. The van der Waals surface area contributed by atoms with Crippen LogP contribution in [-0.4, -0.2) is 35.6 Å². The van der Waals surface area contributed by atoms with Crippen LogP contribution >= 0.6 is 39.3 Å². The van der Waals surface area contributed by atoms with E-state index in [0.717, 1.165) is 16.5 Å². The van der Waals surface area contributed by atoms with Crippen LogP contribution in [0, 0.1) is 5.82 Å². The molecule has 1 N–H and O–H groups in total. The van der Waals surface area contributed by atoms with E-state index in [4.69, 9.17) is 21.1 Å². The van der Waals surface area contributed by atoms with Gasteiger partial charge in [-0.2, -0.15) is 0 Å². The summed E-state index contributed by atoms with van der Waals surface area (Å²) in [5, 5.41) is 2.46. The first kappa shape index (κ1) is 26.7. The summed E-state index contributed by atoms with van der Waals surface area (Å²) in [6, 6.07) is 16.0. The Hall–Kier alpha value is -3.34. The van der Waals surface area contributed by atoms with Gasteiger partial charge in [0.2, 0.25) is 5.91 Å². The van der Waals surface area contributed by atoms with Gasteiger partial charge in [-0.3, -0.25) is 19.3 Å². The lowest BCUT2D eigenvalue weighted by molar-refractivity contribution is -0.127.